The molecule has 3 rings (SSSR count). The van der Waals surface area contributed by atoms with Crippen molar-refractivity contribution in [1.82, 2.24) is 9.55 Å². The molecule has 1 aliphatic rings. The fourth-order valence-corrected chi connectivity index (χ4v) is 5.51. The summed E-state index contributed by atoms with van der Waals surface area (Å²) >= 11 is 0. The van der Waals surface area contributed by atoms with Crippen molar-refractivity contribution in [3.8, 4) is 5.88 Å². The molecule has 2 aromatic rings. The van der Waals surface area contributed by atoms with E-state index in [0.717, 1.165) is 10.1 Å². The van der Waals surface area contributed by atoms with Crippen LogP contribution in [-0.2, 0) is 43.6 Å². The molecule has 2 heterocycles. The summed E-state index contributed by atoms with van der Waals surface area (Å²) in [5.74, 6) is -1.43. The average molecular weight is 667 g/mol. The molecule has 2 N–H and O–H groups in total. The zero-order chi connectivity index (χ0) is 31.6. The van der Waals surface area contributed by atoms with Gasteiger partial charge in [-0.05, 0) is 36.8 Å². The summed E-state index contributed by atoms with van der Waals surface area (Å²) in [6, 6.07) is 9.11. The number of esters is 1. The van der Waals surface area contributed by atoms with Crippen LogP contribution in [0.25, 0.3) is 0 Å². The van der Waals surface area contributed by atoms with Crippen LogP contribution < -0.4 is 77.4 Å². The SMILES string of the molecule is Cc1cn([C@H]2C[C@H](OC(=O)CCCCCN=C([O-])OCc3ccccc3)[C@@H](COP(=O)(O)OP(=O)([O-])O)O2)c(=O)nc1[O-].[Li+].[Li+].[Li+]. The molecule has 5 atom stereocenters. The van der Waals surface area contributed by atoms with Crippen molar-refractivity contribution >= 4 is 27.7 Å². The van der Waals surface area contributed by atoms with Crippen molar-refractivity contribution < 1.29 is 118 Å². The molecule has 0 radical (unpaired) electrons. The summed E-state index contributed by atoms with van der Waals surface area (Å²) in [6.07, 6.45) is -1.90. The van der Waals surface area contributed by atoms with Gasteiger partial charge in [-0.2, -0.15) is 0 Å². The summed E-state index contributed by atoms with van der Waals surface area (Å²) in [6.45, 7) is 0.864. The van der Waals surface area contributed by atoms with E-state index in [-0.39, 0.29) is 88.1 Å². The molecule has 1 saturated heterocycles. The van der Waals surface area contributed by atoms with E-state index in [1.807, 2.05) is 30.3 Å². The predicted molar refractivity (Wildman–Crippen MR) is 140 cm³/mol. The maximum Gasteiger partial charge on any atom is 1.00 e. The van der Waals surface area contributed by atoms with Gasteiger partial charge in [0.1, 0.15) is 24.5 Å². The number of unbranched alkanes of at least 4 members (excludes halogenated alkanes) is 2. The van der Waals surface area contributed by atoms with Gasteiger partial charge in [0.05, 0.1) is 6.61 Å². The largest absolute Gasteiger partial charge is 1.00 e. The predicted octanol–water partition coefficient (Wildman–Crippen LogP) is -9.08. The Morgan fingerprint density at radius 1 is 1.15 bits per heavy atom. The molecule has 0 saturated carbocycles. The maximum atomic E-state index is 12.5. The van der Waals surface area contributed by atoms with Gasteiger partial charge in [0, 0.05) is 32.2 Å². The molecule has 1 aliphatic heterocycles. The Morgan fingerprint density at radius 3 is 2.48 bits per heavy atom. The third-order valence-electron chi connectivity index (χ3n) is 5.96. The van der Waals surface area contributed by atoms with E-state index in [9.17, 15) is 38.7 Å². The number of benzene rings is 1. The van der Waals surface area contributed by atoms with Gasteiger partial charge < -0.3 is 39.1 Å². The number of rotatable bonds is 15. The van der Waals surface area contributed by atoms with E-state index < -0.39 is 64.3 Å². The number of aryl methyl sites for hydroxylation is 1. The van der Waals surface area contributed by atoms with E-state index in [2.05, 4.69) is 18.8 Å². The second kappa shape index (κ2) is 20.9. The first-order valence-electron chi connectivity index (χ1n) is 12.9. The van der Waals surface area contributed by atoms with Crippen LogP contribution in [0.4, 0.5) is 0 Å². The standard InChI is InChI=1S/C24H33N3O14P2.3Li/c1-16-13-27(23(30)26-22(16)29)20-12-18(19(39-20)15-38-43(35,36)41-42(32,33)34)40-21(28)10-6-3-7-11-25-24(31)37-14-17-8-4-2-5-9-17;;;/h2,4-5,8-9,13,18-20H,3,6-7,10-12,14-15H2,1H3,(H,25,31)(H,35,36)(H,26,29,30)(H2,32,33,34);;;/q;3*+1/p-3/t18-,19+,20+;;;/m0.../s1. The van der Waals surface area contributed by atoms with Gasteiger partial charge in [-0.25, -0.2) is 18.7 Å². The van der Waals surface area contributed by atoms with Crippen LogP contribution in [-0.4, -0.2) is 56.8 Å². The van der Waals surface area contributed by atoms with Crippen LogP contribution in [0.15, 0.2) is 46.3 Å². The van der Waals surface area contributed by atoms with E-state index in [1.54, 1.807) is 0 Å². The topological polar surface area (TPSA) is 254 Å². The molecule has 0 bridgehead atoms. The Labute approximate surface area is 300 Å². The average Bonchev–Trinajstić information content (AvgIpc) is 3.31. The zero-order valence-corrected chi connectivity index (χ0v) is 27.7. The summed E-state index contributed by atoms with van der Waals surface area (Å²) in [5.41, 5.74) is -0.00548. The molecule has 22 heteroatoms. The minimum atomic E-state index is -5.64. The van der Waals surface area contributed by atoms with Gasteiger partial charge >= 0.3 is 76.1 Å². The van der Waals surface area contributed by atoms with Crippen LogP contribution in [0.1, 0.15) is 49.5 Å². The number of ether oxygens (including phenoxy) is 3. The first-order chi connectivity index (χ1) is 20.2. The van der Waals surface area contributed by atoms with Crippen molar-refractivity contribution in [1.29, 1.82) is 0 Å². The van der Waals surface area contributed by atoms with Crippen LogP contribution in [0, 0.1) is 6.92 Å². The molecule has 1 aromatic carbocycles. The first-order valence-corrected chi connectivity index (χ1v) is 15.9. The summed E-state index contributed by atoms with van der Waals surface area (Å²) in [7, 11) is -10.9. The molecular formula is C24H30Li3N3O14P2. The second-order valence-electron chi connectivity index (χ2n) is 9.36. The van der Waals surface area contributed by atoms with Gasteiger partial charge in [-0.15, -0.1) is 0 Å². The number of nitrogens with zero attached hydrogens (tertiary/aromatic N) is 3. The summed E-state index contributed by atoms with van der Waals surface area (Å²) < 4.78 is 48.0. The Balaban J connectivity index is 0.00000675. The number of hydrogen-bond acceptors (Lipinski definition) is 14. The minimum absolute atomic E-state index is 0. The molecule has 46 heavy (non-hydrogen) atoms. The fraction of sp³-hybridized carbons (Fsp3) is 0.500. The third kappa shape index (κ3) is 15.7. The van der Waals surface area contributed by atoms with Gasteiger partial charge in [0.2, 0.25) is 0 Å². The molecular weight excluding hydrogens is 637 g/mol. The summed E-state index contributed by atoms with van der Waals surface area (Å²) in [5, 5.41) is 23.4. The molecule has 0 aliphatic carbocycles. The van der Waals surface area contributed by atoms with Crippen LogP contribution in [0.2, 0.25) is 0 Å². The minimum Gasteiger partial charge on any atom is -0.858 e. The van der Waals surface area contributed by atoms with Crippen molar-refractivity contribution in [2.75, 3.05) is 13.2 Å². The number of phosphoric ester groups is 1. The molecule has 17 nitrogen and oxygen atoms in total. The van der Waals surface area contributed by atoms with Crippen molar-refractivity contribution in [3.05, 3.63) is 58.1 Å². The Morgan fingerprint density at radius 2 is 1.83 bits per heavy atom. The van der Waals surface area contributed by atoms with Crippen LogP contribution >= 0.6 is 15.6 Å². The zero-order valence-electron chi connectivity index (χ0n) is 25.9. The van der Waals surface area contributed by atoms with Crippen LogP contribution in [0.5, 0.6) is 5.88 Å². The van der Waals surface area contributed by atoms with E-state index in [4.69, 9.17) is 19.1 Å². The summed E-state index contributed by atoms with van der Waals surface area (Å²) in [4.78, 5) is 61.0. The number of carbonyl (C=O) groups excluding carboxylic acids is 1. The fourth-order valence-electron chi connectivity index (χ4n) is 3.95. The van der Waals surface area contributed by atoms with Crippen molar-refractivity contribution in [3.63, 3.8) is 0 Å². The van der Waals surface area contributed by atoms with Crippen molar-refractivity contribution in [2.24, 2.45) is 4.99 Å². The van der Waals surface area contributed by atoms with Gasteiger partial charge in [0.15, 0.2) is 0 Å². The maximum absolute atomic E-state index is 12.5. The number of carbonyl (C=O) groups is 1. The van der Waals surface area contributed by atoms with E-state index >= 15 is 0 Å². The molecule has 0 spiro atoms. The quantitative estimate of drug-likeness (QED) is 0.0447. The molecule has 0 amide bonds. The molecule has 2 unspecified atom stereocenters. The van der Waals surface area contributed by atoms with Crippen LogP contribution in [0.3, 0.4) is 0 Å². The van der Waals surface area contributed by atoms with Gasteiger partial charge in [-0.1, -0.05) is 36.8 Å². The smallest absolute Gasteiger partial charge is 0.858 e. The Kier molecular flexibility index (Phi) is 20.3. The van der Waals surface area contributed by atoms with Gasteiger partial charge in [-0.3, -0.25) is 23.4 Å². The van der Waals surface area contributed by atoms with E-state index in [1.165, 1.54) is 13.1 Å². The number of aromatic nitrogens is 2. The third-order valence-corrected chi connectivity index (χ3v) is 8.08. The van der Waals surface area contributed by atoms with Gasteiger partial charge in [0.25, 0.3) is 7.82 Å². The number of hydrogen-bond donors (Lipinski definition) is 2. The molecule has 1 fully saturated rings. The number of aliphatic imine (C=N–C) groups is 1. The Bertz CT molecular complexity index is 1430. The number of phosphoric acid groups is 2. The first kappa shape index (κ1) is 44.7. The monoisotopic (exact) mass is 667 g/mol. The molecule has 1 aromatic heterocycles. The molecule has 238 valence electrons. The second-order valence-corrected chi connectivity index (χ2v) is 12.1. The van der Waals surface area contributed by atoms with E-state index in [0.29, 0.717) is 19.3 Å². The normalized spacial score (nSPS) is 20.2. The van der Waals surface area contributed by atoms with Crippen molar-refractivity contribution in [2.45, 2.75) is 64.1 Å². The Hall–Kier alpha value is -1.35.